The van der Waals surface area contributed by atoms with Crippen molar-refractivity contribution in [3.8, 4) is 11.5 Å². The van der Waals surface area contributed by atoms with E-state index in [-0.39, 0.29) is 11.9 Å². The van der Waals surface area contributed by atoms with Crippen molar-refractivity contribution in [1.82, 2.24) is 4.98 Å². The number of hydrogen-bond acceptors (Lipinski definition) is 6. The quantitative estimate of drug-likeness (QED) is 0.839. The van der Waals surface area contributed by atoms with Crippen molar-refractivity contribution >= 4 is 22.6 Å². The van der Waals surface area contributed by atoms with E-state index in [1.807, 2.05) is 18.3 Å². The summed E-state index contributed by atoms with van der Waals surface area (Å²) in [6.45, 7) is 0. The fourth-order valence-corrected chi connectivity index (χ4v) is 3.41. The maximum Gasteiger partial charge on any atom is 0.308 e. The number of methoxy groups -OCH3 is 3. The number of fused-ring (bicyclic) bond motifs is 1. The molecule has 0 bridgehead atoms. The fourth-order valence-electron chi connectivity index (χ4n) is 3.41. The maximum atomic E-state index is 11.6. The lowest BCUT2D eigenvalue weighted by atomic mass is 9.86. The molecule has 6 nitrogen and oxygen atoms in total. The van der Waals surface area contributed by atoms with E-state index in [9.17, 15) is 4.79 Å². The van der Waals surface area contributed by atoms with Crippen molar-refractivity contribution in [3.63, 3.8) is 0 Å². The monoisotopic (exact) mass is 344 g/mol. The first-order valence-electron chi connectivity index (χ1n) is 8.50. The number of aromatic nitrogens is 1. The summed E-state index contributed by atoms with van der Waals surface area (Å²) in [6.07, 6.45) is 5.45. The summed E-state index contributed by atoms with van der Waals surface area (Å²) in [6, 6.07) is 6.22. The number of pyridine rings is 1. The van der Waals surface area contributed by atoms with Crippen LogP contribution >= 0.6 is 0 Å². The number of ether oxygens (including phenoxy) is 3. The molecule has 0 atom stereocenters. The molecule has 0 spiro atoms. The van der Waals surface area contributed by atoms with Crippen LogP contribution in [-0.2, 0) is 9.53 Å². The minimum absolute atomic E-state index is 0.0366. The van der Waals surface area contributed by atoms with Gasteiger partial charge in [0.2, 0.25) is 0 Å². The molecular formula is C19H24N2O4. The molecule has 1 aliphatic carbocycles. The molecule has 0 aliphatic heterocycles. The van der Waals surface area contributed by atoms with E-state index in [0.29, 0.717) is 17.5 Å². The Hall–Kier alpha value is -2.50. The summed E-state index contributed by atoms with van der Waals surface area (Å²) in [4.78, 5) is 16.1. The molecule has 25 heavy (non-hydrogen) atoms. The normalized spacial score (nSPS) is 20.1. The standard InChI is InChI=1S/C19H24N2O4/c1-23-17-9-13-8-15(11-20-16(13)10-18(17)24-2)21-14-6-4-12(5-7-14)19(22)25-3/h8-12,14,21H,4-7H2,1-3H3. The van der Waals surface area contributed by atoms with E-state index >= 15 is 0 Å². The molecular weight excluding hydrogens is 320 g/mol. The minimum Gasteiger partial charge on any atom is -0.493 e. The number of anilines is 1. The van der Waals surface area contributed by atoms with Gasteiger partial charge in [-0.25, -0.2) is 0 Å². The molecule has 134 valence electrons. The number of rotatable bonds is 5. The smallest absolute Gasteiger partial charge is 0.308 e. The van der Waals surface area contributed by atoms with E-state index in [1.165, 1.54) is 7.11 Å². The van der Waals surface area contributed by atoms with Crippen LogP contribution in [0.25, 0.3) is 10.9 Å². The van der Waals surface area contributed by atoms with Crippen molar-refractivity contribution in [2.75, 3.05) is 26.6 Å². The zero-order chi connectivity index (χ0) is 17.8. The zero-order valence-corrected chi connectivity index (χ0v) is 14.9. The molecule has 1 saturated carbocycles. The molecule has 2 aromatic rings. The molecule has 3 rings (SSSR count). The Kier molecular flexibility index (Phi) is 5.26. The molecule has 1 fully saturated rings. The highest BCUT2D eigenvalue weighted by Gasteiger charge is 2.26. The van der Waals surface area contributed by atoms with E-state index in [0.717, 1.165) is 42.3 Å². The summed E-state index contributed by atoms with van der Waals surface area (Å²) in [7, 11) is 4.69. The third-order valence-electron chi connectivity index (χ3n) is 4.82. The SMILES string of the molecule is COC(=O)C1CCC(Nc2cnc3cc(OC)c(OC)cc3c2)CC1. The highest BCUT2D eigenvalue weighted by molar-refractivity contribution is 5.85. The van der Waals surface area contributed by atoms with Gasteiger partial charge in [0, 0.05) is 17.5 Å². The van der Waals surface area contributed by atoms with Gasteiger partial charge in [-0.1, -0.05) is 0 Å². The van der Waals surface area contributed by atoms with E-state index < -0.39 is 0 Å². The first-order chi connectivity index (χ1) is 12.1. The van der Waals surface area contributed by atoms with Crippen LogP contribution in [0.5, 0.6) is 11.5 Å². The van der Waals surface area contributed by atoms with Crippen LogP contribution in [0.3, 0.4) is 0 Å². The molecule has 1 heterocycles. The predicted octanol–water partition coefficient (Wildman–Crippen LogP) is 3.40. The number of nitrogens with one attached hydrogen (secondary N) is 1. The van der Waals surface area contributed by atoms with Gasteiger partial charge >= 0.3 is 5.97 Å². The topological polar surface area (TPSA) is 69.7 Å². The molecule has 0 unspecified atom stereocenters. The third kappa shape index (κ3) is 3.78. The zero-order valence-electron chi connectivity index (χ0n) is 14.9. The molecule has 0 amide bonds. The second kappa shape index (κ2) is 7.59. The largest absolute Gasteiger partial charge is 0.493 e. The van der Waals surface area contributed by atoms with Crippen molar-refractivity contribution < 1.29 is 19.0 Å². The lowest BCUT2D eigenvalue weighted by Gasteiger charge is -2.28. The second-order valence-corrected chi connectivity index (χ2v) is 6.34. The number of esters is 1. The van der Waals surface area contributed by atoms with E-state index in [2.05, 4.69) is 16.4 Å². The number of carbonyl (C=O) groups excluding carboxylic acids is 1. The van der Waals surface area contributed by atoms with Crippen LogP contribution in [0.2, 0.25) is 0 Å². The Morgan fingerprint density at radius 3 is 2.36 bits per heavy atom. The van der Waals surface area contributed by atoms with Gasteiger partial charge in [-0.3, -0.25) is 9.78 Å². The van der Waals surface area contributed by atoms with Gasteiger partial charge in [-0.15, -0.1) is 0 Å². The fraction of sp³-hybridized carbons (Fsp3) is 0.474. The third-order valence-corrected chi connectivity index (χ3v) is 4.82. The Bertz CT molecular complexity index is 754. The van der Waals surface area contributed by atoms with Crippen molar-refractivity contribution in [2.24, 2.45) is 5.92 Å². The predicted molar refractivity (Wildman–Crippen MR) is 96.2 cm³/mol. The first kappa shape index (κ1) is 17.3. The lowest BCUT2D eigenvalue weighted by molar-refractivity contribution is -0.146. The summed E-state index contributed by atoms with van der Waals surface area (Å²) >= 11 is 0. The molecule has 6 heteroatoms. The molecule has 0 radical (unpaired) electrons. The van der Waals surface area contributed by atoms with Crippen LogP contribution in [0.15, 0.2) is 24.4 Å². The van der Waals surface area contributed by atoms with Crippen molar-refractivity contribution in [3.05, 3.63) is 24.4 Å². The minimum atomic E-state index is -0.0909. The van der Waals surface area contributed by atoms with Gasteiger partial charge in [0.05, 0.1) is 44.6 Å². The van der Waals surface area contributed by atoms with Crippen LogP contribution in [0.1, 0.15) is 25.7 Å². The number of carbonyl (C=O) groups is 1. The van der Waals surface area contributed by atoms with E-state index in [1.54, 1.807) is 14.2 Å². The second-order valence-electron chi connectivity index (χ2n) is 6.34. The summed E-state index contributed by atoms with van der Waals surface area (Å²) in [5, 5.41) is 4.52. The van der Waals surface area contributed by atoms with Gasteiger partial charge in [0.1, 0.15) is 0 Å². The molecule has 1 aliphatic rings. The van der Waals surface area contributed by atoms with Crippen LogP contribution < -0.4 is 14.8 Å². The summed E-state index contributed by atoms with van der Waals surface area (Å²) in [5.41, 5.74) is 1.83. The Balaban J connectivity index is 1.71. The molecule has 1 aromatic heterocycles. The van der Waals surface area contributed by atoms with Crippen LogP contribution in [0.4, 0.5) is 5.69 Å². The van der Waals surface area contributed by atoms with Gasteiger partial charge < -0.3 is 19.5 Å². The van der Waals surface area contributed by atoms with Crippen LogP contribution in [-0.4, -0.2) is 38.3 Å². The van der Waals surface area contributed by atoms with E-state index in [4.69, 9.17) is 14.2 Å². The summed E-state index contributed by atoms with van der Waals surface area (Å²) in [5.74, 6) is 1.30. The van der Waals surface area contributed by atoms with Gasteiger partial charge in [-0.2, -0.15) is 0 Å². The Morgan fingerprint density at radius 2 is 1.72 bits per heavy atom. The van der Waals surface area contributed by atoms with Crippen LogP contribution in [0, 0.1) is 5.92 Å². The average Bonchev–Trinajstić information content (AvgIpc) is 2.66. The molecule has 1 N–H and O–H groups in total. The molecule has 1 aromatic carbocycles. The number of hydrogen-bond donors (Lipinski definition) is 1. The van der Waals surface area contributed by atoms with Crippen molar-refractivity contribution in [2.45, 2.75) is 31.7 Å². The average molecular weight is 344 g/mol. The molecule has 0 saturated heterocycles. The first-order valence-corrected chi connectivity index (χ1v) is 8.50. The van der Waals surface area contributed by atoms with Gasteiger partial charge in [0.15, 0.2) is 11.5 Å². The number of nitrogens with zero attached hydrogens (tertiary/aromatic N) is 1. The van der Waals surface area contributed by atoms with Crippen molar-refractivity contribution in [1.29, 1.82) is 0 Å². The highest BCUT2D eigenvalue weighted by atomic mass is 16.5. The highest BCUT2D eigenvalue weighted by Crippen LogP contribution is 2.33. The Morgan fingerprint density at radius 1 is 1.04 bits per heavy atom. The van der Waals surface area contributed by atoms with Gasteiger partial charge in [-0.05, 0) is 37.8 Å². The Labute approximate surface area is 147 Å². The maximum absolute atomic E-state index is 11.6. The van der Waals surface area contributed by atoms with Gasteiger partial charge in [0.25, 0.3) is 0 Å². The number of benzene rings is 1. The summed E-state index contributed by atoms with van der Waals surface area (Å²) < 4.78 is 15.5. The lowest BCUT2D eigenvalue weighted by Crippen LogP contribution is -2.29.